The summed E-state index contributed by atoms with van der Waals surface area (Å²) >= 11 is 6.14. The molecule has 0 spiro atoms. The van der Waals surface area contributed by atoms with Crippen molar-refractivity contribution < 1.29 is 9.52 Å². The number of hydrogen-bond donors (Lipinski definition) is 2. The van der Waals surface area contributed by atoms with Gasteiger partial charge in [-0.3, -0.25) is 0 Å². The number of aliphatic hydroxyl groups is 1. The van der Waals surface area contributed by atoms with E-state index in [0.29, 0.717) is 5.76 Å². The summed E-state index contributed by atoms with van der Waals surface area (Å²) in [5.74, 6) is 4.04. The summed E-state index contributed by atoms with van der Waals surface area (Å²) in [5.41, 5.74) is 4.98. The number of hydrogen-bond acceptors (Lipinski definition) is 4. The molecule has 2 nitrogen and oxygen atoms in total. The van der Waals surface area contributed by atoms with Crippen LogP contribution in [0.2, 0.25) is 0 Å². The molecule has 0 unspecified atom stereocenters. The van der Waals surface area contributed by atoms with Crippen molar-refractivity contribution in [1.82, 2.24) is 0 Å². The number of thioether (sulfide) groups is 1. The summed E-state index contributed by atoms with van der Waals surface area (Å²) in [6.07, 6.45) is 0. The van der Waals surface area contributed by atoms with Crippen molar-refractivity contribution in [2.24, 2.45) is 0 Å². The van der Waals surface area contributed by atoms with Gasteiger partial charge in [0, 0.05) is 11.5 Å². The first kappa shape index (κ1) is 17.2. The third-order valence-electron chi connectivity index (χ3n) is 3.78. The van der Waals surface area contributed by atoms with E-state index in [1.54, 1.807) is 11.8 Å². The maximum Gasteiger partial charge on any atom is 0.129 e. The van der Waals surface area contributed by atoms with E-state index in [2.05, 4.69) is 61.2 Å². The van der Waals surface area contributed by atoms with Gasteiger partial charge in [-0.15, -0.1) is 11.8 Å². The molecule has 0 bridgehead atoms. The third kappa shape index (κ3) is 4.47. The van der Waals surface area contributed by atoms with Gasteiger partial charge in [0.1, 0.15) is 18.1 Å². The van der Waals surface area contributed by atoms with E-state index in [-0.39, 0.29) is 6.61 Å². The second kappa shape index (κ2) is 8.47. The van der Waals surface area contributed by atoms with Gasteiger partial charge < -0.3 is 9.52 Å². The second-order valence-corrected chi connectivity index (χ2v) is 6.88. The Bertz CT molecular complexity index is 778. The van der Waals surface area contributed by atoms with Crippen LogP contribution in [0.5, 0.6) is 0 Å². The summed E-state index contributed by atoms with van der Waals surface area (Å²) in [6.45, 7) is -0.0411. The van der Waals surface area contributed by atoms with Crippen LogP contribution in [0.25, 0.3) is 11.1 Å². The maximum atomic E-state index is 9.00. The maximum absolute atomic E-state index is 9.00. The fourth-order valence-electron chi connectivity index (χ4n) is 2.50. The molecule has 0 radical (unpaired) electrons. The van der Waals surface area contributed by atoms with E-state index >= 15 is 0 Å². The van der Waals surface area contributed by atoms with Crippen LogP contribution >= 0.6 is 24.4 Å². The Balaban J connectivity index is 1.58. The molecule has 3 aromatic rings. The Hall–Kier alpha value is -1.62. The molecule has 2 aromatic carbocycles. The molecule has 3 rings (SSSR count). The molecule has 1 heterocycles. The lowest BCUT2D eigenvalue weighted by Gasteiger charge is -2.06. The van der Waals surface area contributed by atoms with Crippen molar-refractivity contribution in [2.45, 2.75) is 23.9 Å². The second-order valence-electron chi connectivity index (χ2n) is 5.57. The Labute approximate surface area is 152 Å². The molecule has 0 aliphatic carbocycles. The van der Waals surface area contributed by atoms with E-state index in [9.17, 15) is 0 Å². The topological polar surface area (TPSA) is 33.4 Å². The molecule has 1 N–H and O–H groups in total. The van der Waals surface area contributed by atoms with E-state index in [1.807, 2.05) is 12.1 Å². The number of benzene rings is 2. The van der Waals surface area contributed by atoms with Gasteiger partial charge in [-0.1, -0.05) is 48.5 Å². The monoisotopic (exact) mass is 356 g/mol. The zero-order valence-electron chi connectivity index (χ0n) is 13.3. The van der Waals surface area contributed by atoms with Crippen molar-refractivity contribution in [2.75, 3.05) is 0 Å². The first-order valence-electron chi connectivity index (χ1n) is 7.84. The summed E-state index contributed by atoms with van der Waals surface area (Å²) in [7, 11) is 0. The van der Waals surface area contributed by atoms with Gasteiger partial charge in [0.25, 0.3) is 0 Å². The standard InChI is InChI=1S/C20H20O2S2/c21-11-19-8-9-20(22-19)14-24-13-15-4-6-17(7-5-15)18-3-1-2-16(10-18)12-23/h1-10,21,23H,11-14H2. The van der Waals surface area contributed by atoms with Gasteiger partial charge >= 0.3 is 0 Å². The molecule has 124 valence electrons. The van der Waals surface area contributed by atoms with Crippen LogP contribution in [0.1, 0.15) is 22.6 Å². The number of thiol groups is 1. The minimum absolute atomic E-state index is 0.0411. The molecule has 0 aliphatic heterocycles. The van der Waals surface area contributed by atoms with Crippen LogP contribution < -0.4 is 0 Å². The predicted molar refractivity (Wildman–Crippen MR) is 104 cm³/mol. The molecule has 0 saturated heterocycles. The van der Waals surface area contributed by atoms with Crippen molar-refractivity contribution in [1.29, 1.82) is 0 Å². The first-order chi connectivity index (χ1) is 11.8. The van der Waals surface area contributed by atoms with Crippen molar-refractivity contribution in [3.63, 3.8) is 0 Å². The highest BCUT2D eigenvalue weighted by atomic mass is 32.2. The van der Waals surface area contributed by atoms with Crippen LogP contribution in [-0.2, 0) is 23.9 Å². The quantitative estimate of drug-likeness (QED) is 0.563. The smallest absolute Gasteiger partial charge is 0.129 e. The van der Waals surface area contributed by atoms with Crippen molar-refractivity contribution >= 4 is 24.4 Å². The zero-order chi connectivity index (χ0) is 16.8. The van der Waals surface area contributed by atoms with Crippen LogP contribution in [0.15, 0.2) is 65.1 Å². The predicted octanol–water partition coefficient (Wildman–Crippen LogP) is 5.30. The third-order valence-corrected chi connectivity index (χ3v) is 5.17. The Morgan fingerprint density at radius 1 is 0.833 bits per heavy atom. The minimum Gasteiger partial charge on any atom is -0.463 e. The van der Waals surface area contributed by atoms with Crippen LogP contribution in [0, 0.1) is 0 Å². The van der Waals surface area contributed by atoms with Crippen LogP contribution in [-0.4, -0.2) is 5.11 Å². The number of rotatable bonds is 7. The molecule has 0 atom stereocenters. The largest absolute Gasteiger partial charge is 0.463 e. The summed E-state index contributed by atoms with van der Waals surface area (Å²) in [5, 5.41) is 9.00. The average molecular weight is 357 g/mol. The molecule has 24 heavy (non-hydrogen) atoms. The van der Waals surface area contributed by atoms with Gasteiger partial charge in [0.05, 0.1) is 5.75 Å². The fraction of sp³-hybridized carbons (Fsp3) is 0.200. The molecular weight excluding hydrogens is 336 g/mol. The molecule has 0 fully saturated rings. The lowest BCUT2D eigenvalue weighted by molar-refractivity contribution is 0.244. The Morgan fingerprint density at radius 3 is 2.33 bits per heavy atom. The molecule has 1 aromatic heterocycles. The normalized spacial score (nSPS) is 10.9. The van der Waals surface area contributed by atoms with E-state index in [0.717, 1.165) is 23.0 Å². The number of furan rings is 1. The van der Waals surface area contributed by atoms with E-state index in [1.165, 1.54) is 22.3 Å². The van der Waals surface area contributed by atoms with E-state index in [4.69, 9.17) is 9.52 Å². The summed E-state index contributed by atoms with van der Waals surface area (Å²) in [6, 6.07) is 20.9. The van der Waals surface area contributed by atoms with Crippen LogP contribution in [0.3, 0.4) is 0 Å². The zero-order valence-corrected chi connectivity index (χ0v) is 15.0. The van der Waals surface area contributed by atoms with Gasteiger partial charge in [-0.2, -0.15) is 12.6 Å². The lowest BCUT2D eigenvalue weighted by Crippen LogP contribution is -1.85. The Morgan fingerprint density at radius 2 is 1.62 bits per heavy atom. The van der Waals surface area contributed by atoms with Crippen molar-refractivity contribution in [3.05, 3.63) is 83.3 Å². The first-order valence-corrected chi connectivity index (χ1v) is 9.62. The summed E-state index contributed by atoms with van der Waals surface area (Å²) < 4.78 is 5.49. The van der Waals surface area contributed by atoms with Gasteiger partial charge in [-0.25, -0.2) is 0 Å². The van der Waals surface area contributed by atoms with Crippen molar-refractivity contribution in [3.8, 4) is 11.1 Å². The van der Waals surface area contributed by atoms with Crippen LogP contribution in [0.4, 0.5) is 0 Å². The van der Waals surface area contributed by atoms with Gasteiger partial charge in [0.2, 0.25) is 0 Å². The molecule has 0 amide bonds. The highest BCUT2D eigenvalue weighted by Crippen LogP contribution is 2.24. The molecule has 0 saturated carbocycles. The Kier molecular flexibility index (Phi) is 6.07. The van der Waals surface area contributed by atoms with Gasteiger partial charge in [-0.05, 0) is 34.4 Å². The SMILES string of the molecule is OCc1ccc(CSCc2ccc(-c3cccc(CS)c3)cc2)o1. The lowest BCUT2D eigenvalue weighted by atomic mass is 10.0. The van der Waals surface area contributed by atoms with E-state index < -0.39 is 0 Å². The molecular formula is C20H20O2S2. The summed E-state index contributed by atoms with van der Waals surface area (Å²) in [4.78, 5) is 0. The minimum atomic E-state index is -0.0411. The average Bonchev–Trinajstić information content (AvgIpc) is 3.10. The molecule has 4 heteroatoms. The van der Waals surface area contributed by atoms with Gasteiger partial charge in [0.15, 0.2) is 0 Å². The number of aliphatic hydroxyl groups excluding tert-OH is 1. The highest BCUT2D eigenvalue weighted by molar-refractivity contribution is 7.97. The molecule has 0 aliphatic rings. The highest BCUT2D eigenvalue weighted by Gasteiger charge is 2.03. The fourth-order valence-corrected chi connectivity index (χ4v) is 3.58.